The first-order valence-corrected chi connectivity index (χ1v) is 7.57. The summed E-state index contributed by atoms with van der Waals surface area (Å²) in [7, 11) is 0. The molecule has 124 valence electrons. The molecule has 0 saturated carbocycles. The molecule has 1 amide bonds. The Kier molecular flexibility index (Phi) is 5.33. The van der Waals surface area contributed by atoms with Crippen LogP contribution in [0.4, 0.5) is 0 Å². The number of amides is 1. The van der Waals surface area contributed by atoms with Gasteiger partial charge in [0, 0.05) is 32.3 Å². The van der Waals surface area contributed by atoms with Crippen molar-refractivity contribution in [3.05, 3.63) is 35.7 Å². The molecule has 1 aliphatic rings. The monoisotopic (exact) mass is 318 g/mol. The molecule has 0 aromatic carbocycles. The molecule has 1 unspecified atom stereocenters. The standard InChI is InChI=1S/C14H18N4O.C2H4O2/c1-10-4-6-18-12(7-10)8-13(16-18)14(19)17-5-2-3-11(15)9-17;1-2(3)4/h4,6-8,11H,2-3,5,9,15H2,1H3;1H3,(H,3,4). The summed E-state index contributed by atoms with van der Waals surface area (Å²) in [5.74, 6) is -0.850. The second kappa shape index (κ2) is 7.23. The molecule has 3 N–H and O–H groups in total. The lowest BCUT2D eigenvalue weighted by molar-refractivity contribution is -0.134. The number of aliphatic carboxylic acids is 1. The van der Waals surface area contributed by atoms with Crippen molar-refractivity contribution in [1.82, 2.24) is 14.5 Å². The number of rotatable bonds is 1. The SMILES string of the molecule is CC(=O)O.Cc1ccn2nc(C(=O)N3CCCC(N)C3)cc2c1. The van der Waals surface area contributed by atoms with E-state index in [1.165, 1.54) is 0 Å². The fourth-order valence-corrected chi connectivity index (χ4v) is 2.57. The van der Waals surface area contributed by atoms with Gasteiger partial charge in [-0.15, -0.1) is 0 Å². The lowest BCUT2D eigenvalue weighted by Crippen LogP contribution is -2.45. The first-order valence-electron chi connectivity index (χ1n) is 7.57. The van der Waals surface area contributed by atoms with E-state index in [0.29, 0.717) is 12.2 Å². The average Bonchev–Trinajstić information content (AvgIpc) is 2.88. The second-order valence-electron chi connectivity index (χ2n) is 5.78. The lowest BCUT2D eigenvalue weighted by Gasteiger charge is -2.30. The number of carbonyl (C=O) groups is 2. The molecule has 1 fully saturated rings. The van der Waals surface area contributed by atoms with Crippen molar-refractivity contribution in [3.8, 4) is 0 Å². The van der Waals surface area contributed by atoms with Crippen molar-refractivity contribution in [2.75, 3.05) is 13.1 Å². The molecule has 7 heteroatoms. The smallest absolute Gasteiger partial charge is 0.300 e. The topological polar surface area (TPSA) is 101 Å². The van der Waals surface area contributed by atoms with Crippen LogP contribution >= 0.6 is 0 Å². The molecule has 1 atom stereocenters. The van der Waals surface area contributed by atoms with Gasteiger partial charge in [0.05, 0.1) is 5.52 Å². The van der Waals surface area contributed by atoms with E-state index in [1.807, 2.05) is 36.2 Å². The van der Waals surface area contributed by atoms with Crippen LogP contribution in [0, 0.1) is 6.92 Å². The van der Waals surface area contributed by atoms with Crippen LogP contribution < -0.4 is 5.73 Å². The van der Waals surface area contributed by atoms with Gasteiger partial charge >= 0.3 is 0 Å². The number of nitrogens with zero attached hydrogens (tertiary/aromatic N) is 3. The predicted molar refractivity (Wildman–Crippen MR) is 86.4 cm³/mol. The van der Waals surface area contributed by atoms with Crippen molar-refractivity contribution in [2.24, 2.45) is 5.73 Å². The van der Waals surface area contributed by atoms with E-state index >= 15 is 0 Å². The Bertz CT molecular complexity index is 706. The van der Waals surface area contributed by atoms with E-state index in [4.69, 9.17) is 15.6 Å². The Balaban J connectivity index is 0.000000433. The minimum absolute atomic E-state index is 0.0171. The summed E-state index contributed by atoms with van der Waals surface area (Å²) < 4.78 is 1.74. The number of nitrogens with two attached hydrogens (primary N) is 1. The second-order valence-corrected chi connectivity index (χ2v) is 5.78. The number of piperidine rings is 1. The van der Waals surface area contributed by atoms with Crippen molar-refractivity contribution in [1.29, 1.82) is 0 Å². The van der Waals surface area contributed by atoms with E-state index in [1.54, 1.807) is 4.52 Å². The molecule has 0 bridgehead atoms. The van der Waals surface area contributed by atoms with Gasteiger partial charge in [-0.2, -0.15) is 5.10 Å². The Morgan fingerprint density at radius 2 is 2.09 bits per heavy atom. The van der Waals surface area contributed by atoms with Gasteiger partial charge in [0.15, 0.2) is 5.69 Å². The molecule has 2 aromatic rings. The first-order chi connectivity index (χ1) is 10.9. The Labute approximate surface area is 134 Å². The van der Waals surface area contributed by atoms with Gasteiger partial charge in [-0.25, -0.2) is 4.52 Å². The molecule has 0 aliphatic carbocycles. The van der Waals surface area contributed by atoms with Crippen LogP contribution in [0.2, 0.25) is 0 Å². The normalized spacial score (nSPS) is 17.5. The molecule has 3 rings (SSSR count). The van der Waals surface area contributed by atoms with Gasteiger partial charge in [-0.05, 0) is 43.5 Å². The summed E-state index contributed by atoms with van der Waals surface area (Å²) in [6.45, 7) is 4.52. The van der Waals surface area contributed by atoms with Crippen LogP contribution in [-0.4, -0.2) is 50.6 Å². The van der Waals surface area contributed by atoms with Gasteiger partial charge in [-0.1, -0.05) is 0 Å². The van der Waals surface area contributed by atoms with Crippen LogP contribution in [-0.2, 0) is 4.79 Å². The minimum Gasteiger partial charge on any atom is -0.481 e. The zero-order valence-corrected chi connectivity index (χ0v) is 13.4. The molecule has 0 spiro atoms. The number of carbonyl (C=O) groups excluding carboxylic acids is 1. The third kappa shape index (κ3) is 4.53. The van der Waals surface area contributed by atoms with Crippen molar-refractivity contribution >= 4 is 17.4 Å². The van der Waals surface area contributed by atoms with Crippen LogP contribution in [0.5, 0.6) is 0 Å². The highest BCUT2D eigenvalue weighted by Crippen LogP contribution is 2.14. The fraction of sp³-hybridized carbons (Fsp3) is 0.438. The van der Waals surface area contributed by atoms with Crippen LogP contribution in [0.25, 0.3) is 5.52 Å². The fourth-order valence-electron chi connectivity index (χ4n) is 2.57. The molecule has 7 nitrogen and oxygen atoms in total. The van der Waals surface area contributed by atoms with Crippen LogP contribution in [0.1, 0.15) is 35.8 Å². The number of pyridine rings is 1. The molecular weight excluding hydrogens is 296 g/mol. The van der Waals surface area contributed by atoms with Crippen LogP contribution in [0.15, 0.2) is 24.4 Å². The van der Waals surface area contributed by atoms with Crippen LogP contribution in [0.3, 0.4) is 0 Å². The summed E-state index contributed by atoms with van der Waals surface area (Å²) in [5, 5.41) is 11.8. The third-order valence-electron chi connectivity index (χ3n) is 3.58. The third-order valence-corrected chi connectivity index (χ3v) is 3.58. The van der Waals surface area contributed by atoms with Crippen molar-refractivity contribution in [2.45, 2.75) is 32.7 Å². The molecule has 0 radical (unpaired) electrons. The predicted octanol–water partition coefficient (Wildman–Crippen LogP) is 1.30. The number of likely N-dealkylation sites (tertiary alicyclic amines) is 1. The maximum absolute atomic E-state index is 12.4. The molecule has 23 heavy (non-hydrogen) atoms. The number of hydrogen-bond donors (Lipinski definition) is 2. The summed E-state index contributed by atoms with van der Waals surface area (Å²) in [6.07, 6.45) is 3.84. The zero-order chi connectivity index (χ0) is 17.0. The number of fused-ring (bicyclic) bond motifs is 1. The number of hydrogen-bond acceptors (Lipinski definition) is 4. The molecule has 1 aliphatic heterocycles. The Morgan fingerprint density at radius 1 is 1.39 bits per heavy atom. The van der Waals surface area contributed by atoms with Gasteiger partial charge < -0.3 is 15.7 Å². The molecular formula is C16H22N4O3. The summed E-state index contributed by atoms with van der Waals surface area (Å²) >= 11 is 0. The quantitative estimate of drug-likeness (QED) is 0.825. The zero-order valence-electron chi connectivity index (χ0n) is 13.4. The summed E-state index contributed by atoms with van der Waals surface area (Å²) in [6, 6.07) is 5.93. The van der Waals surface area contributed by atoms with E-state index in [2.05, 4.69) is 5.10 Å². The lowest BCUT2D eigenvalue weighted by atomic mass is 10.1. The maximum Gasteiger partial charge on any atom is 0.300 e. The maximum atomic E-state index is 12.4. The molecule has 1 saturated heterocycles. The van der Waals surface area contributed by atoms with E-state index in [-0.39, 0.29) is 11.9 Å². The van der Waals surface area contributed by atoms with Gasteiger partial charge in [-0.3, -0.25) is 9.59 Å². The van der Waals surface area contributed by atoms with E-state index in [0.717, 1.165) is 37.4 Å². The van der Waals surface area contributed by atoms with Crippen molar-refractivity contribution < 1.29 is 14.7 Å². The van der Waals surface area contributed by atoms with Gasteiger partial charge in [0.2, 0.25) is 0 Å². The molecule has 2 aromatic heterocycles. The van der Waals surface area contributed by atoms with Gasteiger partial charge in [0.1, 0.15) is 0 Å². The summed E-state index contributed by atoms with van der Waals surface area (Å²) in [4.78, 5) is 23.2. The number of aromatic nitrogens is 2. The van der Waals surface area contributed by atoms with E-state index in [9.17, 15) is 4.79 Å². The highest BCUT2D eigenvalue weighted by atomic mass is 16.4. The average molecular weight is 318 g/mol. The largest absolute Gasteiger partial charge is 0.481 e. The first kappa shape index (κ1) is 17.0. The minimum atomic E-state index is -0.833. The number of aryl methyl sites for hydroxylation is 1. The van der Waals surface area contributed by atoms with E-state index < -0.39 is 5.97 Å². The Morgan fingerprint density at radius 3 is 2.74 bits per heavy atom. The highest BCUT2D eigenvalue weighted by Gasteiger charge is 2.24. The van der Waals surface area contributed by atoms with Crippen molar-refractivity contribution in [3.63, 3.8) is 0 Å². The number of carboxylic acid groups (broad SMARTS) is 1. The van der Waals surface area contributed by atoms with Gasteiger partial charge in [0.25, 0.3) is 11.9 Å². The highest BCUT2D eigenvalue weighted by molar-refractivity contribution is 5.93. The summed E-state index contributed by atoms with van der Waals surface area (Å²) in [5.41, 5.74) is 8.52. The Hall–Kier alpha value is -2.41. The number of carboxylic acids is 1. The molecule has 3 heterocycles.